The minimum Gasteiger partial charge on any atom is -0.469 e. The zero-order valence-corrected chi connectivity index (χ0v) is 16.3. The van der Waals surface area contributed by atoms with Gasteiger partial charge in [-0.3, -0.25) is 4.79 Å². The van der Waals surface area contributed by atoms with Crippen LogP contribution in [-0.4, -0.2) is 28.3 Å². The SMILES string of the molecule is COC(=O)C(C)(C)Cc1nnc(-c2nc(CC3CC(C)(C)C3)cs2)o1. The van der Waals surface area contributed by atoms with Crippen LogP contribution in [0.1, 0.15) is 52.1 Å². The van der Waals surface area contributed by atoms with Crippen LogP contribution in [0.25, 0.3) is 10.9 Å². The van der Waals surface area contributed by atoms with E-state index in [4.69, 9.17) is 9.15 Å². The molecule has 0 spiro atoms. The molecular weight excluding hydrogens is 338 g/mol. The maximum Gasteiger partial charge on any atom is 0.311 e. The molecule has 1 aliphatic rings. The summed E-state index contributed by atoms with van der Waals surface area (Å²) < 4.78 is 10.5. The molecule has 0 bridgehead atoms. The van der Waals surface area contributed by atoms with Gasteiger partial charge in [-0.05, 0) is 44.4 Å². The Morgan fingerprint density at radius 2 is 2.12 bits per heavy atom. The summed E-state index contributed by atoms with van der Waals surface area (Å²) in [6, 6.07) is 0. The van der Waals surface area contributed by atoms with Gasteiger partial charge in [0.2, 0.25) is 5.89 Å². The molecule has 0 unspecified atom stereocenters. The maximum atomic E-state index is 11.8. The first kappa shape index (κ1) is 18.0. The van der Waals surface area contributed by atoms with Gasteiger partial charge >= 0.3 is 5.97 Å². The van der Waals surface area contributed by atoms with Gasteiger partial charge in [0.15, 0.2) is 5.01 Å². The van der Waals surface area contributed by atoms with Gasteiger partial charge in [0, 0.05) is 11.8 Å². The van der Waals surface area contributed by atoms with Crippen LogP contribution in [0.5, 0.6) is 0 Å². The lowest BCUT2D eigenvalue weighted by molar-refractivity contribution is -0.150. The second kappa shape index (κ2) is 6.52. The maximum absolute atomic E-state index is 11.8. The molecule has 0 aliphatic heterocycles. The Morgan fingerprint density at radius 1 is 1.40 bits per heavy atom. The predicted octanol–water partition coefficient (Wildman–Crippen LogP) is 3.91. The Hall–Kier alpha value is -1.76. The fourth-order valence-electron chi connectivity index (χ4n) is 3.58. The number of esters is 1. The first-order valence-corrected chi connectivity index (χ1v) is 9.42. The predicted molar refractivity (Wildman–Crippen MR) is 95.1 cm³/mol. The van der Waals surface area contributed by atoms with E-state index in [-0.39, 0.29) is 5.97 Å². The van der Waals surface area contributed by atoms with E-state index in [2.05, 4.69) is 34.4 Å². The van der Waals surface area contributed by atoms with Crippen molar-refractivity contribution in [2.45, 2.75) is 53.4 Å². The Bertz CT molecular complexity index is 755. The zero-order chi connectivity index (χ0) is 18.2. The highest BCUT2D eigenvalue weighted by atomic mass is 32.1. The van der Waals surface area contributed by atoms with Gasteiger partial charge < -0.3 is 9.15 Å². The smallest absolute Gasteiger partial charge is 0.311 e. The van der Waals surface area contributed by atoms with Crippen LogP contribution in [0, 0.1) is 16.7 Å². The molecule has 3 rings (SSSR count). The third-order valence-corrected chi connectivity index (χ3v) is 5.59. The lowest BCUT2D eigenvalue weighted by atomic mass is 9.63. The normalized spacial score (nSPS) is 17.3. The highest BCUT2D eigenvalue weighted by Gasteiger charge is 2.36. The van der Waals surface area contributed by atoms with Crippen molar-refractivity contribution in [3.8, 4) is 10.9 Å². The number of aromatic nitrogens is 3. The van der Waals surface area contributed by atoms with Gasteiger partial charge in [-0.15, -0.1) is 21.5 Å². The molecule has 1 aliphatic carbocycles. The molecule has 0 N–H and O–H groups in total. The zero-order valence-electron chi connectivity index (χ0n) is 15.5. The van der Waals surface area contributed by atoms with Gasteiger partial charge in [0.05, 0.1) is 18.2 Å². The number of rotatable bonds is 6. The van der Waals surface area contributed by atoms with E-state index < -0.39 is 5.41 Å². The van der Waals surface area contributed by atoms with E-state index in [9.17, 15) is 4.79 Å². The van der Waals surface area contributed by atoms with Crippen molar-refractivity contribution in [1.29, 1.82) is 0 Å². The Balaban J connectivity index is 1.64. The van der Waals surface area contributed by atoms with E-state index >= 15 is 0 Å². The van der Waals surface area contributed by atoms with Gasteiger partial charge in [0.25, 0.3) is 5.89 Å². The van der Waals surface area contributed by atoms with E-state index in [1.807, 2.05) is 0 Å². The molecule has 1 fully saturated rings. The Kier molecular flexibility index (Phi) is 4.70. The summed E-state index contributed by atoms with van der Waals surface area (Å²) in [5, 5.41) is 10.9. The van der Waals surface area contributed by atoms with Gasteiger partial charge in [-0.25, -0.2) is 4.98 Å². The van der Waals surface area contributed by atoms with E-state index in [0.29, 0.717) is 23.6 Å². The third-order valence-electron chi connectivity index (χ3n) is 4.71. The van der Waals surface area contributed by atoms with Crippen molar-refractivity contribution in [3.05, 3.63) is 17.0 Å². The monoisotopic (exact) mass is 363 g/mol. The van der Waals surface area contributed by atoms with Crippen LogP contribution in [-0.2, 0) is 22.4 Å². The molecule has 2 aromatic heterocycles. The fraction of sp³-hybridized carbons (Fsp3) is 0.667. The number of thiazole rings is 1. The van der Waals surface area contributed by atoms with E-state index in [1.54, 1.807) is 13.8 Å². The Labute approximate surface area is 152 Å². The molecule has 7 heteroatoms. The number of methoxy groups -OCH3 is 1. The van der Waals surface area contributed by atoms with Crippen LogP contribution >= 0.6 is 11.3 Å². The van der Waals surface area contributed by atoms with Gasteiger partial charge in [-0.2, -0.15) is 0 Å². The van der Waals surface area contributed by atoms with Crippen LogP contribution in [0.2, 0.25) is 0 Å². The molecule has 0 atom stereocenters. The second-order valence-corrected chi connectivity index (χ2v) is 9.20. The number of ether oxygens (including phenoxy) is 1. The summed E-state index contributed by atoms with van der Waals surface area (Å²) in [6.45, 7) is 8.21. The first-order chi connectivity index (χ1) is 11.7. The molecule has 2 aromatic rings. The van der Waals surface area contributed by atoms with Crippen LogP contribution in [0.4, 0.5) is 0 Å². The van der Waals surface area contributed by atoms with Crippen LogP contribution in [0.15, 0.2) is 9.80 Å². The molecule has 6 nitrogen and oxygen atoms in total. The number of carbonyl (C=O) groups is 1. The standard InChI is InChI=1S/C18H25N3O3S/c1-17(2)7-11(8-17)6-12-10-25-15(19-12)14-21-20-13(24-14)9-18(3,4)16(22)23-5/h10-11H,6-9H2,1-5H3. The van der Waals surface area contributed by atoms with E-state index in [1.165, 1.54) is 31.3 Å². The summed E-state index contributed by atoms with van der Waals surface area (Å²) in [4.78, 5) is 16.4. The molecule has 0 radical (unpaired) electrons. The van der Waals surface area contributed by atoms with Crippen LogP contribution in [0.3, 0.4) is 0 Å². The number of nitrogens with zero attached hydrogens (tertiary/aromatic N) is 3. The summed E-state index contributed by atoms with van der Waals surface area (Å²) in [7, 11) is 1.38. The molecule has 0 amide bonds. The molecule has 0 saturated heterocycles. The number of hydrogen-bond donors (Lipinski definition) is 0. The lowest BCUT2D eigenvalue weighted by Crippen LogP contribution is -2.32. The highest BCUT2D eigenvalue weighted by molar-refractivity contribution is 7.13. The van der Waals surface area contributed by atoms with Gasteiger partial charge in [-0.1, -0.05) is 13.8 Å². The molecule has 25 heavy (non-hydrogen) atoms. The molecule has 1 saturated carbocycles. The number of carbonyl (C=O) groups excluding carboxylic acids is 1. The minimum atomic E-state index is -0.705. The third kappa shape index (κ3) is 4.08. The largest absolute Gasteiger partial charge is 0.469 e. The van der Waals surface area contributed by atoms with Crippen molar-refractivity contribution in [2.24, 2.45) is 16.7 Å². The Morgan fingerprint density at radius 3 is 2.76 bits per heavy atom. The topological polar surface area (TPSA) is 78.1 Å². The van der Waals surface area contributed by atoms with Crippen LogP contribution < -0.4 is 0 Å². The van der Waals surface area contributed by atoms with Crippen molar-refractivity contribution in [1.82, 2.24) is 15.2 Å². The first-order valence-electron chi connectivity index (χ1n) is 8.54. The molecule has 0 aromatic carbocycles. The van der Waals surface area contributed by atoms with Crippen molar-refractivity contribution in [3.63, 3.8) is 0 Å². The fourth-order valence-corrected chi connectivity index (χ4v) is 4.33. The minimum absolute atomic E-state index is 0.299. The van der Waals surface area contributed by atoms with Crippen molar-refractivity contribution >= 4 is 17.3 Å². The molecule has 136 valence electrons. The van der Waals surface area contributed by atoms with E-state index in [0.717, 1.165) is 23.0 Å². The van der Waals surface area contributed by atoms with Crippen molar-refractivity contribution in [2.75, 3.05) is 7.11 Å². The molecule has 2 heterocycles. The summed E-state index contributed by atoms with van der Waals surface area (Å²) in [6.07, 6.45) is 3.86. The second-order valence-electron chi connectivity index (χ2n) is 8.34. The highest BCUT2D eigenvalue weighted by Crippen LogP contribution is 2.46. The summed E-state index contributed by atoms with van der Waals surface area (Å²) >= 11 is 1.52. The average molecular weight is 363 g/mol. The van der Waals surface area contributed by atoms with Crippen molar-refractivity contribution < 1.29 is 13.9 Å². The molecular formula is C18H25N3O3S. The summed E-state index contributed by atoms with van der Waals surface area (Å²) in [5.41, 5.74) is 0.871. The average Bonchev–Trinajstić information content (AvgIpc) is 3.13. The quantitative estimate of drug-likeness (QED) is 0.724. The van der Waals surface area contributed by atoms with Gasteiger partial charge in [0.1, 0.15) is 0 Å². The lowest BCUT2D eigenvalue weighted by Gasteiger charge is -2.42. The summed E-state index contributed by atoms with van der Waals surface area (Å²) in [5.74, 6) is 1.26. The number of hydrogen-bond acceptors (Lipinski definition) is 7.